The Morgan fingerprint density at radius 3 is 2.28 bits per heavy atom. The fraction of sp³-hybridized carbons (Fsp3) is 0.143. The predicted octanol–water partition coefficient (Wildman–Crippen LogP) is 5.45. The van der Waals surface area contributed by atoms with Crippen molar-refractivity contribution in [3.63, 3.8) is 0 Å². The van der Waals surface area contributed by atoms with Crippen molar-refractivity contribution in [3.8, 4) is 11.4 Å². The number of aliphatic imine (C=N–C) groups is 1. The minimum Gasteiger partial charge on any atom is -0.398 e. The fourth-order valence-corrected chi connectivity index (χ4v) is 3.86. The topological polar surface area (TPSA) is 96.5 Å². The third kappa shape index (κ3) is 6.63. The number of hydrogen-bond donors (Lipinski definition) is 2. The van der Waals surface area contributed by atoms with Gasteiger partial charge in [0.15, 0.2) is 5.82 Å². The number of carbonyl (C=O) groups excluding carboxylic acids is 1. The van der Waals surface area contributed by atoms with Crippen LogP contribution in [0.4, 0.5) is 28.9 Å². The molecule has 1 amide bonds. The number of rotatable bonds is 6. The average Bonchev–Trinajstić information content (AvgIpc) is 2.88. The molecule has 0 saturated carbocycles. The number of nitrogens with zero attached hydrogens (tertiary/aromatic N) is 4. The SMILES string of the molecule is CN(C)Cc1ccc(C(=Nc2ccccc2)NC(=O)c2cc(-c3ncccn3)c(C(F)(F)F)cc2F)c(N)c1. The Balaban J connectivity index is 1.78. The van der Waals surface area contributed by atoms with Gasteiger partial charge in [0, 0.05) is 35.8 Å². The van der Waals surface area contributed by atoms with E-state index >= 15 is 0 Å². The van der Waals surface area contributed by atoms with Crippen LogP contribution in [0.5, 0.6) is 0 Å². The molecular weight excluding hydrogens is 512 g/mol. The van der Waals surface area contributed by atoms with Crippen molar-refractivity contribution in [1.82, 2.24) is 20.2 Å². The molecule has 1 aromatic heterocycles. The molecule has 11 heteroatoms. The molecule has 3 N–H and O–H groups in total. The molecule has 1 heterocycles. The highest BCUT2D eigenvalue weighted by Crippen LogP contribution is 2.37. The van der Waals surface area contributed by atoms with Gasteiger partial charge in [0.25, 0.3) is 5.91 Å². The highest BCUT2D eigenvalue weighted by atomic mass is 19.4. The van der Waals surface area contributed by atoms with E-state index in [9.17, 15) is 22.4 Å². The van der Waals surface area contributed by atoms with E-state index in [-0.39, 0.29) is 17.7 Å². The minimum atomic E-state index is -4.91. The van der Waals surface area contributed by atoms with Crippen LogP contribution in [-0.4, -0.2) is 40.7 Å². The van der Waals surface area contributed by atoms with E-state index in [1.54, 1.807) is 42.5 Å². The minimum absolute atomic E-state index is 0.00286. The highest BCUT2D eigenvalue weighted by molar-refractivity contribution is 6.15. The number of anilines is 1. The second kappa shape index (κ2) is 11.4. The van der Waals surface area contributed by atoms with Crippen LogP contribution >= 0.6 is 0 Å². The number of nitrogens with two attached hydrogens (primary N) is 1. The summed E-state index contributed by atoms with van der Waals surface area (Å²) in [5.74, 6) is -2.70. The van der Waals surface area contributed by atoms with Gasteiger partial charge in [-0.25, -0.2) is 19.4 Å². The van der Waals surface area contributed by atoms with Gasteiger partial charge in [-0.05, 0) is 62.1 Å². The summed E-state index contributed by atoms with van der Waals surface area (Å²) in [4.78, 5) is 27.4. The average molecular weight is 537 g/mol. The van der Waals surface area contributed by atoms with Crippen molar-refractivity contribution in [1.29, 1.82) is 0 Å². The summed E-state index contributed by atoms with van der Waals surface area (Å²) in [6.07, 6.45) is -2.41. The normalized spacial score (nSPS) is 12.0. The molecule has 7 nitrogen and oxygen atoms in total. The molecule has 4 rings (SSSR count). The van der Waals surface area contributed by atoms with Crippen LogP contribution in [0.25, 0.3) is 11.4 Å². The second-order valence-electron chi connectivity index (χ2n) is 8.86. The summed E-state index contributed by atoms with van der Waals surface area (Å²) >= 11 is 0. The van der Waals surface area contributed by atoms with Gasteiger partial charge < -0.3 is 16.0 Å². The lowest BCUT2D eigenvalue weighted by atomic mass is 10.0. The zero-order valence-electron chi connectivity index (χ0n) is 21.0. The van der Waals surface area contributed by atoms with Gasteiger partial charge in [-0.1, -0.05) is 24.3 Å². The molecule has 4 aromatic rings. The zero-order chi connectivity index (χ0) is 28.2. The summed E-state index contributed by atoms with van der Waals surface area (Å²) in [7, 11) is 3.81. The number of halogens is 4. The molecule has 0 bridgehead atoms. The van der Waals surface area contributed by atoms with Gasteiger partial charge in [0.1, 0.15) is 11.7 Å². The largest absolute Gasteiger partial charge is 0.417 e. The van der Waals surface area contributed by atoms with E-state index in [0.717, 1.165) is 11.6 Å². The standard InChI is InChI=1S/C28H24F4N6O/c1-38(2)16-17-9-10-19(24(33)13-17)26(36-18-7-4-3-5-8-18)37-27(39)21-14-20(25-34-11-6-12-35-25)22(15-23(21)29)28(30,31)32/h3-15H,16,33H2,1-2H3,(H,36,37,39). The van der Waals surface area contributed by atoms with Gasteiger partial charge in [-0.15, -0.1) is 0 Å². The molecule has 0 radical (unpaired) electrons. The number of aromatic nitrogens is 2. The van der Waals surface area contributed by atoms with Gasteiger partial charge in [0.2, 0.25) is 0 Å². The molecule has 0 atom stereocenters. The van der Waals surface area contributed by atoms with E-state index in [2.05, 4.69) is 20.3 Å². The number of amides is 1. The third-order valence-electron chi connectivity index (χ3n) is 5.56. The van der Waals surface area contributed by atoms with E-state index in [1.165, 1.54) is 18.5 Å². The Hall–Kier alpha value is -4.64. The van der Waals surface area contributed by atoms with Crippen molar-refractivity contribution in [3.05, 3.63) is 107 Å². The van der Waals surface area contributed by atoms with Crippen LogP contribution in [0.2, 0.25) is 0 Å². The van der Waals surface area contributed by atoms with Gasteiger partial charge in [-0.3, -0.25) is 4.79 Å². The Bertz CT molecular complexity index is 1510. The molecule has 0 spiro atoms. The van der Waals surface area contributed by atoms with Crippen molar-refractivity contribution in [2.24, 2.45) is 4.99 Å². The molecule has 0 aliphatic carbocycles. The molecule has 0 fully saturated rings. The molecule has 0 saturated heterocycles. The summed E-state index contributed by atoms with van der Waals surface area (Å²) < 4.78 is 56.1. The third-order valence-corrected chi connectivity index (χ3v) is 5.56. The van der Waals surface area contributed by atoms with Crippen LogP contribution in [0.1, 0.15) is 27.0 Å². The number of nitrogen functional groups attached to an aromatic ring is 1. The Morgan fingerprint density at radius 1 is 0.974 bits per heavy atom. The first-order chi connectivity index (χ1) is 18.5. The first-order valence-electron chi connectivity index (χ1n) is 11.7. The molecule has 3 aromatic carbocycles. The van der Waals surface area contributed by atoms with Crippen LogP contribution in [0.3, 0.4) is 0 Å². The number of amidine groups is 1. The lowest BCUT2D eigenvalue weighted by molar-refractivity contribution is -0.137. The number of benzene rings is 3. The highest BCUT2D eigenvalue weighted by Gasteiger charge is 2.36. The molecule has 0 aliphatic rings. The van der Waals surface area contributed by atoms with E-state index in [4.69, 9.17) is 5.73 Å². The van der Waals surface area contributed by atoms with Crippen LogP contribution in [0.15, 0.2) is 84.1 Å². The maximum atomic E-state index is 15.0. The van der Waals surface area contributed by atoms with Gasteiger partial charge in [-0.2, -0.15) is 13.2 Å². The molecule has 0 aliphatic heterocycles. The van der Waals surface area contributed by atoms with E-state index in [0.29, 0.717) is 23.5 Å². The zero-order valence-corrected chi connectivity index (χ0v) is 21.0. The number of nitrogens with one attached hydrogen (secondary N) is 1. The molecule has 39 heavy (non-hydrogen) atoms. The molecule has 0 unspecified atom stereocenters. The predicted molar refractivity (Wildman–Crippen MR) is 141 cm³/mol. The molecule has 200 valence electrons. The van der Waals surface area contributed by atoms with Gasteiger partial charge >= 0.3 is 6.18 Å². The van der Waals surface area contributed by atoms with Crippen LogP contribution in [-0.2, 0) is 12.7 Å². The lowest BCUT2D eigenvalue weighted by Gasteiger charge is -2.16. The first-order valence-corrected chi connectivity index (χ1v) is 11.7. The maximum absolute atomic E-state index is 15.0. The smallest absolute Gasteiger partial charge is 0.398 e. The van der Waals surface area contributed by atoms with Crippen molar-refractivity contribution in [2.45, 2.75) is 12.7 Å². The Morgan fingerprint density at radius 2 is 1.67 bits per heavy atom. The van der Waals surface area contributed by atoms with E-state index < -0.39 is 34.6 Å². The van der Waals surface area contributed by atoms with Crippen LogP contribution < -0.4 is 11.1 Å². The summed E-state index contributed by atoms with van der Waals surface area (Å²) in [6.45, 7) is 0.614. The summed E-state index contributed by atoms with van der Waals surface area (Å²) in [5, 5.41) is 2.54. The van der Waals surface area contributed by atoms with Crippen LogP contribution in [0, 0.1) is 5.82 Å². The van der Waals surface area contributed by atoms with Crippen molar-refractivity contribution >= 4 is 23.1 Å². The number of carbonyl (C=O) groups is 1. The first kappa shape index (κ1) is 27.4. The monoisotopic (exact) mass is 536 g/mol. The van der Waals surface area contributed by atoms with Gasteiger partial charge in [0.05, 0.1) is 16.8 Å². The molecular formula is C28H24F4N6O. The second-order valence-corrected chi connectivity index (χ2v) is 8.86. The van der Waals surface area contributed by atoms with Crippen molar-refractivity contribution < 1.29 is 22.4 Å². The summed E-state index contributed by atoms with van der Waals surface area (Å²) in [5.41, 5.74) is 5.85. The fourth-order valence-electron chi connectivity index (χ4n) is 3.86. The van der Waals surface area contributed by atoms with E-state index in [1.807, 2.05) is 25.1 Å². The number of para-hydroxylation sites is 1. The Kier molecular flexibility index (Phi) is 8.01. The number of hydrogen-bond acceptors (Lipinski definition) is 6. The maximum Gasteiger partial charge on any atom is 0.417 e. The lowest BCUT2D eigenvalue weighted by Crippen LogP contribution is -2.32. The Labute approximate surface area is 222 Å². The summed E-state index contributed by atoms with van der Waals surface area (Å²) in [6, 6.07) is 16.3. The van der Waals surface area contributed by atoms with Crippen molar-refractivity contribution in [2.75, 3.05) is 19.8 Å². The quantitative estimate of drug-likeness (QED) is 0.148. The number of alkyl halides is 3.